The number of rotatable bonds is 7. The molecule has 0 aromatic heterocycles. The van der Waals surface area contributed by atoms with Crippen molar-refractivity contribution in [3.05, 3.63) is 65.2 Å². The van der Waals surface area contributed by atoms with Crippen LogP contribution in [0.3, 0.4) is 0 Å². The molecule has 2 N–H and O–H groups in total. The maximum Gasteiger partial charge on any atom is 0.335 e. The van der Waals surface area contributed by atoms with Crippen LogP contribution in [0.4, 0.5) is 0 Å². The molecule has 5 nitrogen and oxygen atoms in total. The topological polar surface area (TPSA) is 91.7 Å². The molecule has 2 atom stereocenters. The Labute approximate surface area is 148 Å². The van der Waals surface area contributed by atoms with Gasteiger partial charge in [0.05, 0.1) is 10.5 Å². The molecule has 6 heteroatoms. The highest BCUT2D eigenvalue weighted by atomic mass is 32.2. The SMILES string of the molecule is CCC(CC(C)c1ccc(C(=O)O)cc1)c1ccc(S(=O)(=O)O)cc1. The maximum absolute atomic E-state index is 11.1. The minimum absolute atomic E-state index is 0.108. The lowest BCUT2D eigenvalue weighted by atomic mass is 9.84. The van der Waals surface area contributed by atoms with E-state index in [9.17, 15) is 13.2 Å². The van der Waals surface area contributed by atoms with Gasteiger partial charge in [-0.25, -0.2) is 4.79 Å². The lowest BCUT2D eigenvalue weighted by Crippen LogP contribution is -2.05. The zero-order valence-corrected chi connectivity index (χ0v) is 15.0. The van der Waals surface area contributed by atoms with Crippen molar-refractivity contribution < 1.29 is 22.9 Å². The number of benzene rings is 2. The zero-order valence-electron chi connectivity index (χ0n) is 14.2. The smallest absolute Gasteiger partial charge is 0.335 e. The summed E-state index contributed by atoms with van der Waals surface area (Å²) >= 11 is 0. The summed E-state index contributed by atoms with van der Waals surface area (Å²) in [5.41, 5.74) is 2.35. The first-order chi connectivity index (χ1) is 11.7. The third kappa shape index (κ3) is 4.90. The number of carboxylic acid groups (broad SMARTS) is 1. The second-order valence-electron chi connectivity index (χ2n) is 6.21. The van der Waals surface area contributed by atoms with Gasteiger partial charge in [-0.1, -0.05) is 38.1 Å². The van der Waals surface area contributed by atoms with Crippen molar-refractivity contribution in [2.45, 2.75) is 43.4 Å². The van der Waals surface area contributed by atoms with Gasteiger partial charge in [0.15, 0.2) is 0 Å². The Morgan fingerprint density at radius 2 is 1.52 bits per heavy atom. The summed E-state index contributed by atoms with van der Waals surface area (Å²) in [6.45, 7) is 4.16. The maximum atomic E-state index is 11.1. The molecule has 0 spiro atoms. The van der Waals surface area contributed by atoms with Gasteiger partial charge in [-0.05, 0) is 60.1 Å². The molecule has 0 fully saturated rings. The van der Waals surface area contributed by atoms with Crippen LogP contribution < -0.4 is 0 Å². The van der Waals surface area contributed by atoms with Crippen molar-refractivity contribution in [3.63, 3.8) is 0 Å². The van der Waals surface area contributed by atoms with E-state index in [1.165, 1.54) is 12.1 Å². The molecule has 0 saturated heterocycles. The summed E-state index contributed by atoms with van der Waals surface area (Å²) in [5, 5.41) is 8.97. The van der Waals surface area contributed by atoms with Crippen molar-refractivity contribution in [2.24, 2.45) is 0 Å². The third-order valence-electron chi connectivity index (χ3n) is 4.51. The molecular formula is C19H22O5S. The van der Waals surface area contributed by atoms with Crippen molar-refractivity contribution in [3.8, 4) is 0 Å². The second kappa shape index (κ2) is 7.80. The summed E-state index contributed by atoms with van der Waals surface area (Å²) in [5.74, 6) is -0.469. The van der Waals surface area contributed by atoms with E-state index in [1.807, 2.05) is 12.1 Å². The highest BCUT2D eigenvalue weighted by Gasteiger charge is 2.17. The van der Waals surface area contributed by atoms with E-state index < -0.39 is 16.1 Å². The van der Waals surface area contributed by atoms with Crippen LogP contribution in [-0.2, 0) is 10.1 Å². The average molecular weight is 362 g/mol. The monoisotopic (exact) mass is 362 g/mol. The van der Waals surface area contributed by atoms with Gasteiger partial charge in [0, 0.05) is 0 Å². The molecule has 0 aliphatic carbocycles. The molecule has 0 amide bonds. The van der Waals surface area contributed by atoms with Crippen LogP contribution in [-0.4, -0.2) is 24.0 Å². The van der Waals surface area contributed by atoms with Crippen LogP contribution in [0.15, 0.2) is 53.4 Å². The van der Waals surface area contributed by atoms with Crippen LogP contribution in [0.2, 0.25) is 0 Å². The minimum Gasteiger partial charge on any atom is -0.478 e. The van der Waals surface area contributed by atoms with Crippen LogP contribution in [0.25, 0.3) is 0 Å². The Bertz CT molecular complexity index is 823. The third-order valence-corrected chi connectivity index (χ3v) is 5.37. The van der Waals surface area contributed by atoms with E-state index >= 15 is 0 Å². The first-order valence-corrected chi connectivity index (χ1v) is 9.57. The van der Waals surface area contributed by atoms with E-state index in [2.05, 4.69) is 13.8 Å². The standard InChI is InChI=1S/C19H22O5S/c1-3-14(16-8-10-18(11-9-16)25(22,23)24)12-13(2)15-4-6-17(7-5-15)19(20)21/h4-11,13-14H,3,12H2,1-2H3,(H,20,21)(H,22,23,24). The van der Waals surface area contributed by atoms with E-state index in [-0.39, 0.29) is 22.3 Å². The largest absolute Gasteiger partial charge is 0.478 e. The molecule has 134 valence electrons. The molecule has 25 heavy (non-hydrogen) atoms. The van der Waals surface area contributed by atoms with Gasteiger partial charge < -0.3 is 5.11 Å². The first kappa shape index (κ1) is 19.1. The van der Waals surface area contributed by atoms with Crippen molar-refractivity contribution >= 4 is 16.1 Å². The molecule has 0 bridgehead atoms. The number of hydrogen-bond donors (Lipinski definition) is 2. The zero-order chi connectivity index (χ0) is 18.6. The van der Waals surface area contributed by atoms with E-state index in [0.29, 0.717) is 0 Å². The van der Waals surface area contributed by atoms with Gasteiger partial charge in [-0.15, -0.1) is 0 Å². The molecule has 0 aliphatic heterocycles. The Morgan fingerprint density at radius 1 is 1.00 bits per heavy atom. The Balaban J connectivity index is 2.14. The van der Waals surface area contributed by atoms with Gasteiger partial charge in [-0.2, -0.15) is 8.42 Å². The highest BCUT2D eigenvalue weighted by Crippen LogP contribution is 2.32. The Hall–Kier alpha value is -2.18. The molecular weight excluding hydrogens is 340 g/mol. The van der Waals surface area contributed by atoms with Crippen LogP contribution >= 0.6 is 0 Å². The number of aromatic carboxylic acids is 1. The first-order valence-electron chi connectivity index (χ1n) is 8.13. The predicted molar refractivity (Wildman–Crippen MR) is 95.7 cm³/mol. The van der Waals surface area contributed by atoms with Crippen LogP contribution in [0.5, 0.6) is 0 Å². The fourth-order valence-electron chi connectivity index (χ4n) is 2.97. The summed E-state index contributed by atoms with van der Waals surface area (Å²) in [7, 11) is -4.18. The van der Waals surface area contributed by atoms with E-state index in [0.717, 1.165) is 24.0 Å². The fourth-order valence-corrected chi connectivity index (χ4v) is 3.45. The number of carboxylic acids is 1. The molecule has 2 unspecified atom stereocenters. The molecule has 2 aromatic rings. The molecule has 2 aromatic carbocycles. The second-order valence-corrected chi connectivity index (χ2v) is 7.63. The summed E-state index contributed by atoms with van der Waals surface area (Å²) < 4.78 is 31.3. The number of carbonyl (C=O) groups is 1. The summed E-state index contributed by atoms with van der Waals surface area (Å²) in [4.78, 5) is 10.8. The lowest BCUT2D eigenvalue weighted by molar-refractivity contribution is 0.0697. The van der Waals surface area contributed by atoms with Gasteiger partial charge in [0.25, 0.3) is 10.1 Å². The van der Waals surface area contributed by atoms with Crippen molar-refractivity contribution in [1.29, 1.82) is 0 Å². The van der Waals surface area contributed by atoms with Gasteiger partial charge in [0.2, 0.25) is 0 Å². The Morgan fingerprint density at radius 3 is 1.96 bits per heavy atom. The fraction of sp³-hybridized carbons (Fsp3) is 0.316. The molecule has 0 saturated carbocycles. The Kier molecular flexibility index (Phi) is 5.98. The average Bonchev–Trinajstić information content (AvgIpc) is 2.59. The normalized spacial score (nSPS) is 14.0. The molecule has 0 aliphatic rings. The molecule has 0 heterocycles. The summed E-state index contributed by atoms with van der Waals surface area (Å²) in [6.07, 6.45) is 1.75. The van der Waals surface area contributed by atoms with Crippen molar-refractivity contribution in [2.75, 3.05) is 0 Å². The van der Waals surface area contributed by atoms with E-state index in [4.69, 9.17) is 9.66 Å². The van der Waals surface area contributed by atoms with E-state index in [1.54, 1.807) is 24.3 Å². The minimum atomic E-state index is -4.18. The molecule has 2 rings (SSSR count). The van der Waals surface area contributed by atoms with Crippen LogP contribution in [0.1, 0.15) is 60.0 Å². The summed E-state index contributed by atoms with van der Waals surface area (Å²) in [6, 6.07) is 13.2. The lowest BCUT2D eigenvalue weighted by Gasteiger charge is -2.21. The molecule has 0 radical (unpaired) electrons. The van der Waals surface area contributed by atoms with Gasteiger partial charge in [0.1, 0.15) is 0 Å². The quantitative estimate of drug-likeness (QED) is 0.716. The highest BCUT2D eigenvalue weighted by molar-refractivity contribution is 7.85. The van der Waals surface area contributed by atoms with Crippen LogP contribution in [0, 0.1) is 0 Å². The predicted octanol–water partition coefficient (Wildman–Crippen LogP) is 4.32. The van der Waals surface area contributed by atoms with Crippen molar-refractivity contribution in [1.82, 2.24) is 0 Å². The van der Waals surface area contributed by atoms with Gasteiger partial charge in [-0.3, -0.25) is 4.55 Å². The number of hydrogen-bond acceptors (Lipinski definition) is 3. The van der Waals surface area contributed by atoms with Gasteiger partial charge >= 0.3 is 5.97 Å².